The van der Waals surface area contributed by atoms with Gasteiger partial charge in [0.1, 0.15) is 11.6 Å². The largest absolute Gasteiger partial charge is 0.382 e. The Morgan fingerprint density at radius 2 is 1.93 bits per heavy atom. The zero-order valence-electron chi connectivity index (χ0n) is 8.64. The molecule has 0 amide bonds. The summed E-state index contributed by atoms with van der Waals surface area (Å²) < 4.78 is 1.41. The summed E-state index contributed by atoms with van der Waals surface area (Å²) in [4.78, 5) is 4.32. The summed E-state index contributed by atoms with van der Waals surface area (Å²) in [5.74, 6) is 6.96. The molecule has 0 saturated heterocycles. The summed E-state index contributed by atoms with van der Waals surface area (Å²) in [6.07, 6.45) is 0.720. The van der Waals surface area contributed by atoms with Crippen LogP contribution in [0.15, 0.2) is 30.3 Å². The van der Waals surface area contributed by atoms with E-state index in [4.69, 9.17) is 11.6 Å². The van der Waals surface area contributed by atoms with E-state index < -0.39 is 0 Å². The lowest BCUT2D eigenvalue weighted by molar-refractivity contribution is 0.936. The molecule has 0 bridgehead atoms. The highest BCUT2D eigenvalue weighted by molar-refractivity contribution is 5.41. The van der Waals surface area contributed by atoms with Crippen LogP contribution < -0.4 is 11.6 Å². The fourth-order valence-electron chi connectivity index (χ4n) is 1.54. The standard InChI is InChI=1S/C11H14N4/c1-8-14-10(11(12)15(8)13)7-9-5-3-2-4-6-9/h2-6H,7,12-13H2,1H3. The number of nitrogens with zero attached hydrogens (tertiary/aromatic N) is 2. The highest BCUT2D eigenvalue weighted by Crippen LogP contribution is 2.15. The van der Waals surface area contributed by atoms with Crippen molar-refractivity contribution in [1.82, 2.24) is 9.66 Å². The summed E-state index contributed by atoms with van der Waals surface area (Å²) >= 11 is 0. The van der Waals surface area contributed by atoms with Gasteiger partial charge in [-0.2, -0.15) is 0 Å². The Balaban J connectivity index is 2.29. The Kier molecular flexibility index (Phi) is 2.33. The summed E-state index contributed by atoms with van der Waals surface area (Å²) in [6.45, 7) is 1.84. The second-order valence-electron chi connectivity index (χ2n) is 3.52. The molecule has 0 unspecified atom stereocenters. The molecule has 0 aliphatic rings. The molecule has 78 valence electrons. The highest BCUT2D eigenvalue weighted by Gasteiger charge is 2.09. The first-order valence-electron chi connectivity index (χ1n) is 4.81. The number of aromatic nitrogens is 2. The molecule has 0 aliphatic heterocycles. The third kappa shape index (κ3) is 1.79. The normalized spacial score (nSPS) is 10.5. The van der Waals surface area contributed by atoms with E-state index in [1.165, 1.54) is 10.2 Å². The van der Waals surface area contributed by atoms with Crippen LogP contribution in [-0.2, 0) is 6.42 Å². The molecule has 1 aromatic heterocycles. The van der Waals surface area contributed by atoms with E-state index >= 15 is 0 Å². The Morgan fingerprint density at radius 3 is 2.47 bits per heavy atom. The lowest BCUT2D eigenvalue weighted by Gasteiger charge is -2.00. The Labute approximate surface area is 88.5 Å². The maximum Gasteiger partial charge on any atom is 0.146 e. The number of nitrogens with two attached hydrogens (primary N) is 2. The van der Waals surface area contributed by atoms with Crippen molar-refractivity contribution in [2.45, 2.75) is 13.3 Å². The minimum Gasteiger partial charge on any atom is -0.382 e. The number of rotatable bonds is 2. The summed E-state index contributed by atoms with van der Waals surface area (Å²) in [7, 11) is 0. The Bertz CT molecular complexity index is 459. The maximum absolute atomic E-state index is 5.83. The van der Waals surface area contributed by atoms with E-state index in [9.17, 15) is 0 Å². The molecular weight excluding hydrogens is 188 g/mol. The predicted octanol–water partition coefficient (Wildman–Crippen LogP) is 1.08. The van der Waals surface area contributed by atoms with Crippen LogP contribution in [0, 0.1) is 6.92 Å². The van der Waals surface area contributed by atoms with Gasteiger partial charge in [0.2, 0.25) is 0 Å². The van der Waals surface area contributed by atoms with Gasteiger partial charge in [-0.25, -0.2) is 9.66 Å². The predicted molar refractivity (Wildman–Crippen MR) is 60.8 cm³/mol. The molecule has 15 heavy (non-hydrogen) atoms. The van der Waals surface area contributed by atoms with Gasteiger partial charge >= 0.3 is 0 Å². The first kappa shape index (κ1) is 9.58. The van der Waals surface area contributed by atoms with E-state index in [-0.39, 0.29) is 0 Å². The lowest BCUT2D eigenvalue weighted by Crippen LogP contribution is -2.13. The molecule has 1 aromatic carbocycles. The average Bonchev–Trinajstić information content (AvgIpc) is 2.48. The molecule has 0 atom stereocenters. The van der Waals surface area contributed by atoms with E-state index in [1.54, 1.807) is 0 Å². The van der Waals surface area contributed by atoms with Crippen molar-refractivity contribution >= 4 is 5.82 Å². The van der Waals surface area contributed by atoms with Crippen molar-refractivity contribution in [2.24, 2.45) is 0 Å². The van der Waals surface area contributed by atoms with Crippen LogP contribution in [0.2, 0.25) is 0 Å². The van der Waals surface area contributed by atoms with Crippen LogP contribution in [0.5, 0.6) is 0 Å². The number of nitrogen functional groups attached to an aromatic ring is 2. The highest BCUT2D eigenvalue weighted by atomic mass is 15.4. The fraction of sp³-hybridized carbons (Fsp3) is 0.182. The molecule has 4 heteroatoms. The molecule has 4 N–H and O–H groups in total. The first-order chi connectivity index (χ1) is 7.18. The van der Waals surface area contributed by atoms with E-state index in [0.717, 1.165) is 17.9 Å². The minimum atomic E-state index is 0.538. The van der Waals surface area contributed by atoms with Crippen molar-refractivity contribution in [2.75, 3.05) is 11.6 Å². The zero-order chi connectivity index (χ0) is 10.8. The number of benzene rings is 1. The molecule has 2 rings (SSSR count). The van der Waals surface area contributed by atoms with Gasteiger partial charge in [0.25, 0.3) is 0 Å². The van der Waals surface area contributed by atoms with Crippen LogP contribution in [0.25, 0.3) is 0 Å². The number of anilines is 1. The SMILES string of the molecule is Cc1nc(Cc2ccccc2)c(N)n1N. The van der Waals surface area contributed by atoms with Gasteiger partial charge < -0.3 is 11.6 Å². The van der Waals surface area contributed by atoms with Crippen molar-refractivity contribution in [1.29, 1.82) is 0 Å². The van der Waals surface area contributed by atoms with Gasteiger partial charge in [0.05, 0.1) is 5.69 Å². The second-order valence-corrected chi connectivity index (χ2v) is 3.52. The van der Waals surface area contributed by atoms with E-state index in [2.05, 4.69) is 4.98 Å². The van der Waals surface area contributed by atoms with E-state index in [1.807, 2.05) is 37.3 Å². The Morgan fingerprint density at radius 1 is 1.27 bits per heavy atom. The lowest BCUT2D eigenvalue weighted by atomic mass is 10.1. The van der Waals surface area contributed by atoms with Gasteiger partial charge in [-0.15, -0.1) is 0 Å². The van der Waals surface area contributed by atoms with Crippen LogP contribution in [0.4, 0.5) is 5.82 Å². The van der Waals surface area contributed by atoms with Gasteiger partial charge in [-0.3, -0.25) is 0 Å². The molecule has 0 radical (unpaired) electrons. The van der Waals surface area contributed by atoms with Crippen molar-refractivity contribution in [3.05, 3.63) is 47.4 Å². The zero-order valence-corrected chi connectivity index (χ0v) is 8.64. The molecule has 0 fully saturated rings. The van der Waals surface area contributed by atoms with Crippen molar-refractivity contribution in [3.63, 3.8) is 0 Å². The molecule has 4 nitrogen and oxygen atoms in total. The van der Waals surface area contributed by atoms with Gasteiger partial charge in [-0.1, -0.05) is 30.3 Å². The molecule has 0 spiro atoms. The number of imidazole rings is 1. The van der Waals surface area contributed by atoms with Gasteiger partial charge in [0, 0.05) is 6.42 Å². The number of aryl methyl sites for hydroxylation is 1. The van der Waals surface area contributed by atoms with Crippen molar-refractivity contribution in [3.8, 4) is 0 Å². The van der Waals surface area contributed by atoms with Crippen LogP contribution in [-0.4, -0.2) is 9.66 Å². The summed E-state index contributed by atoms with van der Waals surface area (Å²) in [5.41, 5.74) is 7.84. The maximum atomic E-state index is 5.83. The van der Waals surface area contributed by atoms with Gasteiger partial charge in [-0.05, 0) is 12.5 Å². The molecule has 1 heterocycles. The quantitative estimate of drug-likeness (QED) is 0.716. The second kappa shape index (κ2) is 3.65. The third-order valence-electron chi connectivity index (χ3n) is 2.41. The summed E-state index contributed by atoms with van der Waals surface area (Å²) in [6, 6.07) is 10.1. The fourth-order valence-corrected chi connectivity index (χ4v) is 1.54. The van der Waals surface area contributed by atoms with Crippen LogP contribution >= 0.6 is 0 Å². The minimum absolute atomic E-state index is 0.538. The molecule has 2 aromatic rings. The van der Waals surface area contributed by atoms with Crippen molar-refractivity contribution < 1.29 is 0 Å². The monoisotopic (exact) mass is 202 g/mol. The smallest absolute Gasteiger partial charge is 0.146 e. The first-order valence-corrected chi connectivity index (χ1v) is 4.81. The molecule has 0 saturated carbocycles. The van der Waals surface area contributed by atoms with Crippen LogP contribution in [0.3, 0.4) is 0 Å². The average molecular weight is 202 g/mol. The third-order valence-corrected chi connectivity index (χ3v) is 2.41. The topological polar surface area (TPSA) is 69.9 Å². The molecular formula is C11H14N4. The summed E-state index contributed by atoms with van der Waals surface area (Å²) in [5, 5.41) is 0. The molecule has 0 aliphatic carbocycles. The van der Waals surface area contributed by atoms with E-state index in [0.29, 0.717) is 5.82 Å². The Hall–Kier alpha value is -1.97. The number of hydrogen-bond acceptors (Lipinski definition) is 3. The van der Waals surface area contributed by atoms with Gasteiger partial charge in [0.15, 0.2) is 0 Å². The number of hydrogen-bond donors (Lipinski definition) is 2. The van der Waals surface area contributed by atoms with Crippen LogP contribution in [0.1, 0.15) is 17.1 Å².